The van der Waals surface area contributed by atoms with Crippen LogP contribution in [0.25, 0.3) is 0 Å². The van der Waals surface area contributed by atoms with E-state index in [4.69, 9.17) is 0 Å². The predicted molar refractivity (Wildman–Crippen MR) is 127 cm³/mol. The van der Waals surface area contributed by atoms with Crippen LogP contribution in [0, 0.1) is 12.8 Å². The molecule has 1 N–H and O–H groups in total. The molecule has 0 spiro atoms. The summed E-state index contributed by atoms with van der Waals surface area (Å²) in [7, 11) is 0. The van der Waals surface area contributed by atoms with Gasteiger partial charge in [0.05, 0.1) is 0 Å². The van der Waals surface area contributed by atoms with Gasteiger partial charge in [0.1, 0.15) is 0 Å². The topological polar surface area (TPSA) is 52.7 Å². The molecular formula is C26H41N3O2. The Labute approximate surface area is 188 Å². The Kier molecular flexibility index (Phi) is 9.38. The second-order valence-electron chi connectivity index (χ2n) is 9.44. The molecule has 0 atom stereocenters. The lowest BCUT2D eigenvalue weighted by atomic mass is 9.92. The molecule has 0 aliphatic carbocycles. The first-order valence-corrected chi connectivity index (χ1v) is 12.5. The summed E-state index contributed by atoms with van der Waals surface area (Å²) in [5.41, 5.74) is 2.09. The minimum absolute atomic E-state index is 0.104. The van der Waals surface area contributed by atoms with E-state index in [1.807, 2.05) is 24.3 Å². The molecule has 172 valence electrons. The van der Waals surface area contributed by atoms with Crippen LogP contribution in [-0.4, -0.2) is 53.8 Å². The third kappa shape index (κ3) is 7.34. The number of carbonyl (C=O) groups is 2. The Morgan fingerprint density at radius 3 is 2.19 bits per heavy atom. The number of anilines is 1. The van der Waals surface area contributed by atoms with Gasteiger partial charge in [0.2, 0.25) is 11.8 Å². The first-order chi connectivity index (χ1) is 15.1. The van der Waals surface area contributed by atoms with E-state index in [1.165, 1.54) is 31.2 Å². The lowest BCUT2D eigenvalue weighted by molar-refractivity contribution is -0.133. The summed E-state index contributed by atoms with van der Waals surface area (Å²) < 4.78 is 0. The van der Waals surface area contributed by atoms with Crippen molar-refractivity contribution in [1.29, 1.82) is 0 Å². The highest BCUT2D eigenvalue weighted by Gasteiger charge is 2.31. The van der Waals surface area contributed by atoms with Gasteiger partial charge in [-0.1, -0.05) is 50.3 Å². The van der Waals surface area contributed by atoms with E-state index in [0.29, 0.717) is 11.9 Å². The van der Waals surface area contributed by atoms with Crippen molar-refractivity contribution in [3.05, 3.63) is 29.8 Å². The number of benzene rings is 1. The van der Waals surface area contributed by atoms with Gasteiger partial charge in [0.25, 0.3) is 0 Å². The summed E-state index contributed by atoms with van der Waals surface area (Å²) >= 11 is 0. The van der Waals surface area contributed by atoms with Gasteiger partial charge in [0, 0.05) is 37.2 Å². The molecule has 2 aliphatic rings. The SMILES string of the molecule is CCCCCCCC(=O)N1CCC(N2CCC(C(=O)Nc3ccc(C)cc3)CC2)CC1. The second kappa shape index (κ2) is 12.2. The van der Waals surface area contributed by atoms with Gasteiger partial charge in [-0.2, -0.15) is 0 Å². The summed E-state index contributed by atoms with van der Waals surface area (Å²) in [6.07, 6.45) is 10.7. The van der Waals surface area contributed by atoms with Crippen molar-refractivity contribution >= 4 is 17.5 Å². The number of unbranched alkanes of at least 4 members (excludes halogenated alkanes) is 4. The molecule has 2 saturated heterocycles. The van der Waals surface area contributed by atoms with Gasteiger partial charge in [-0.3, -0.25) is 9.59 Å². The molecule has 2 heterocycles. The molecule has 0 unspecified atom stereocenters. The van der Waals surface area contributed by atoms with Crippen molar-refractivity contribution in [2.45, 2.75) is 84.1 Å². The fraction of sp³-hybridized carbons (Fsp3) is 0.692. The molecule has 2 aliphatic heterocycles. The Balaban J connectivity index is 1.34. The Bertz CT molecular complexity index is 687. The van der Waals surface area contributed by atoms with Gasteiger partial charge in [-0.25, -0.2) is 0 Å². The van der Waals surface area contributed by atoms with Crippen LogP contribution in [-0.2, 0) is 9.59 Å². The van der Waals surface area contributed by atoms with Crippen molar-refractivity contribution in [3.8, 4) is 0 Å². The third-order valence-corrected chi connectivity index (χ3v) is 7.05. The van der Waals surface area contributed by atoms with E-state index in [-0.39, 0.29) is 11.8 Å². The summed E-state index contributed by atoms with van der Waals surface area (Å²) in [6, 6.07) is 8.57. The standard InChI is InChI=1S/C26H41N3O2/c1-3-4-5-6-7-8-25(30)29-19-15-24(16-20-29)28-17-13-22(14-18-28)26(31)27-23-11-9-21(2)10-12-23/h9-12,22,24H,3-8,13-20H2,1-2H3,(H,27,31). The highest BCUT2D eigenvalue weighted by molar-refractivity contribution is 5.92. The quantitative estimate of drug-likeness (QED) is 0.565. The summed E-state index contributed by atoms with van der Waals surface area (Å²) in [4.78, 5) is 29.7. The first kappa shape index (κ1) is 23.8. The van der Waals surface area contributed by atoms with Crippen LogP contribution in [0.5, 0.6) is 0 Å². The molecule has 5 heteroatoms. The van der Waals surface area contributed by atoms with Gasteiger partial charge in [-0.05, 0) is 64.3 Å². The van der Waals surface area contributed by atoms with Crippen molar-refractivity contribution in [2.75, 3.05) is 31.5 Å². The van der Waals surface area contributed by atoms with Gasteiger partial charge in [0.15, 0.2) is 0 Å². The van der Waals surface area contributed by atoms with Crippen LogP contribution >= 0.6 is 0 Å². The van der Waals surface area contributed by atoms with Crippen molar-refractivity contribution in [2.24, 2.45) is 5.92 Å². The Morgan fingerprint density at radius 1 is 0.903 bits per heavy atom. The maximum atomic E-state index is 12.6. The fourth-order valence-corrected chi connectivity index (χ4v) is 4.93. The maximum Gasteiger partial charge on any atom is 0.227 e. The number of rotatable bonds is 9. The molecule has 2 fully saturated rings. The van der Waals surface area contributed by atoms with Crippen LogP contribution < -0.4 is 5.32 Å². The Morgan fingerprint density at radius 2 is 1.55 bits per heavy atom. The molecule has 2 amide bonds. The average Bonchev–Trinajstić information content (AvgIpc) is 2.80. The van der Waals surface area contributed by atoms with Gasteiger partial charge >= 0.3 is 0 Å². The van der Waals surface area contributed by atoms with E-state index in [0.717, 1.165) is 70.4 Å². The normalized spacial score (nSPS) is 18.8. The average molecular weight is 428 g/mol. The van der Waals surface area contributed by atoms with Crippen LogP contribution in [0.1, 0.15) is 76.7 Å². The third-order valence-electron chi connectivity index (χ3n) is 7.05. The Hall–Kier alpha value is -1.88. The molecule has 0 bridgehead atoms. The van der Waals surface area contributed by atoms with E-state index >= 15 is 0 Å². The van der Waals surface area contributed by atoms with Gasteiger partial charge < -0.3 is 15.1 Å². The second-order valence-corrected chi connectivity index (χ2v) is 9.44. The van der Waals surface area contributed by atoms with Crippen molar-refractivity contribution in [1.82, 2.24) is 9.80 Å². The van der Waals surface area contributed by atoms with E-state index in [2.05, 4.69) is 29.0 Å². The summed E-state index contributed by atoms with van der Waals surface area (Å²) in [5, 5.41) is 3.08. The zero-order chi connectivity index (χ0) is 22.1. The molecule has 5 nitrogen and oxygen atoms in total. The number of hydrogen-bond donors (Lipinski definition) is 1. The highest BCUT2D eigenvalue weighted by Crippen LogP contribution is 2.25. The van der Waals surface area contributed by atoms with Crippen LogP contribution in [0.15, 0.2) is 24.3 Å². The van der Waals surface area contributed by atoms with E-state index in [1.54, 1.807) is 0 Å². The molecule has 0 saturated carbocycles. The van der Waals surface area contributed by atoms with Gasteiger partial charge in [-0.15, -0.1) is 0 Å². The molecule has 0 radical (unpaired) electrons. The highest BCUT2D eigenvalue weighted by atomic mass is 16.2. The number of piperidine rings is 2. The molecular weight excluding hydrogens is 386 g/mol. The lowest BCUT2D eigenvalue weighted by Gasteiger charge is -2.41. The zero-order valence-electron chi connectivity index (χ0n) is 19.6. The number of aryl methyl sites for hydroxylation is 1. The smallest absolute Gasteiger partial charge is 0.227 e. The number of likely N-dealkylation sites (tertiary alicyclic amines) is 2. The number of hydrogen-bond acceptors (Lipinski definition) is 3. The number of nitrogens with zero attached hydrogens (tertiary/aromatic N) is 2. The molecule has 0 aromatic heterocycles. The van der Waals surface area contributed by atoms with Crippen molar-refractivity contribution < 1.29 is 9.59 Å². The molecule has 1 aromatic rings. The monoisotopic (exact) mass is 427 g/mol. The maximum absolute atomic E-state index is 12.6. The van der Waals surface area contributed by atoms with E-state index in [9.17, 15) is 9.59 Å². The summed E-state index contributed by atoms with van der Waals surface area (Å²) in [5.74, 6) is 0.608. The van der Waals surface area contributed by atoms with Crippen LogP contribution in [0.2, 0.25) is 0 Å². The number of nitrogens with one attached hydrogen (secondary N) is 1. The molecule has 3 rings (SSSR count). The lowest BCUT2D eigenvalue weighted by Crippen LogP contribution is -2.49. The molecule has 31 heavy (non-hydrogen) atoms. The zero-order valence-corrected chi connectivity index (χ0v) is 19.6. The molecule has 1 aromatic carbocycles. The minimum atomic E-state index is 0.104. The fourth-order valence-electron chi connectivity index (χ4n) is 4.93. The largest absolute Gasteiger partial charge is 0.343 e. The van der Waals surface area contributed by atoms with Crippen LogP contribution in [0.3, 0.4) is 0 Å². The summed E-state index contributed by atoms with van der Waals surface area (Å²) in [6.45, 7) is 8.04. The first-order valence-electron chi connectivity index (χ1n) is 12.5. The predicted octanol–water partition coefficient (Wildman–Crippen LogP) is 5.00. The minimum Gasteiger partial charge on any atom is -0.343 e. The van der Waals surface area contributed by atoms with Crippen molar-refractivity contribution in [3.63, 3.8) is 0 Å². The van der Waals surface area contributed by atoms with E-state index < -0.39 is 0 Å². The number of carbonyl (C=O) groups excluding carboxylic acids is 2. The van der Waals surface area contributed by atoms with Crippen LogP contribution in [0.4, 0.5) is 5.69 Å². The number of amides is 2.